The summed E-state index contributed by atoms with van der Waals surface area (Å²) in [4.78, 5) is 0. The molecule has 2 rings (SSSR count). The predicted molar refractivity (Wildman–Crippen MR) is 77.4 cm³/mol. The Morgan fingerprint density at radius 2 is 1.84 bits per heavy atom. The van der Waals surface area contributed by atoms with E-state index in [2.05, 4.69) is 11.5 Å². The fourth-order valence-corrected chi connectivity index (χ4v) is 1.79. The molecule has 0 bridgehead atoms. The van der Waals surface area contributed by atoms with E-state index in [1.165, 1.54) is 0 Å². The monoisotopic (exact) mass is 252 g/mol. The summed E-state index contributed by atoms with van der Waals surface area (Å²) in [6, 6.07) is 5.80. The summed E-state index contributed by atoms with van der Waals surface area (Å²) in [6.45, 7) is 2.00. The van der Waals surface area contributed by atoms with Crippen LogP contribution in [0.25, 0.3) is 6.08 Å². The fraction of sp³-hybridized carbons (Fsp3) is 0.176. The molecule has 0 radical (unpaired) electrons. The fourth-order valence-electron chi connectivity index (χ4n) is 1.79. The summed E-state index contributed by atoms with van der Waals surface area (Å²) in [7, 11) is 3.27. The molecule has 0 fully saturated rings. The zero-order valence-corrected chi connectivity index (χ0v) is 11.4. The van der Waals surface area contributed by atoms with E-state index in [0.29, 0.717) is 0 Å². The van der Waals surface area contributed by atoms with Crippen molar-refractivity contribution in [1.29, 1.82) is 0 Å². The Bertz CT molecular complexity index is 635. The SMILES string of the molecule is COc1cccc(/C=C/C2=C=C=C(C)C=C2)c1OC. The lowest BCUT2D eigenvalue weighted by atomic mass is 10.1. The van der Waals surface area contributed by atoms with Gasteiger partial charge in [-0.25, -0.2) is 0 Å². The van der Waals surface area contributed by atoms with Crippen LogP contribution in [0.15, 0.2) is 59.0 Å². The summed E-state index contributed by atoms with van der Waals surface area (Å²) in [5, 5.41) is 0. The third kappa shape index (κ3) is 3.08. The number of para-hydroxylation sites is 1. The molecule has 0 amide bonds. The van der Waals surface area contributed by atoms with Crippen LogP contribution < -0.4 is 9.47 Å². The molecular formula is C17H16O2. The average Bonchev–Trinajstić information content (AvgIpc) is 2.46. The molecule has 1 aromatic rings. The second-order valence-electron chi connectivity index (χ2n) is 4.14. The van der Waals surface area contributed by atoms with Crippen molar-refractivity contribution in [1.82, 2.24) is 0 Å². The quantitative estimate of drug-likeness (QED) is 0.756. The van der Waals surface area contributed by atoms with Crippen LogP contribution in [0.3, 0.4) is 0 Å². The van der Waals surface area contributed by atoms with Crippen LogP contribution in [-0.2, 0) is 0 Å². The van der Waals surface area contributed by atoms with E-state index in [1.54, 1.807) is 14.2 Å². The number of allylic oxidation sites excluding steroid dienone is 5. The largest absolute Gasteiger partial charge is 0.493 e. The highest BCUT2D eigenvalue weighted by atomic mass is 16.5. The molecule has 0 unspecified atom stereocenters. The molecule has 0 aromatic heterocycles. The Labute approximate surface area is 113 Å². The minimum absolute atomic E-state index is 0.726. The van der Waals surface area contributed by atoms with E-state index in [9.17, 15) is 0 Å². The van der Waals surface area contributed by atoms with Crippen molar-refractivity contribution >= 4 is 6.08 Å². The van der Waals surface area contributed by atoms with Gasteiger partial charge in [-0.2, -0.15) is 0 Å². The van der Waals surface area contributed by atoms with Crippen molar-refractivity contribution in [2.24, 2.45) is 0 Å². The molecule has 0 saturated heterocycles. The molecule has 0 N–H and O–H groups in total. The van der Waals surface area contributed by atoms with Crippen molar-refractivity contribution in [2.45, 2.75) is 6.92 Å². The lowest BCUT2D eigenvalue weighted by Crippen LogP contribution is -1.92. The molecule has 2 nitrogen and oxygen atoms in total. The number of ether oxygens (including phenoxy) is 2. The summed E-state index contributed by atoms with van der Waals surface area (Å²) in [6.07, 6.45) is 7.98. The van der Waals surface area contributed by atoms with Gasteiger partial charge in [0.05, 0.1) is 14.2 Å². The van der Waals surface area contributed by atoms with Crippen molar-refractivity contribution in [3.05, 3.63) is 64.6 Å². The Balaban J connectivity index is 2.35. The second-order valence-corrected chi connectivity index (χ2v) is 4.14. The molecule has 1 aromatic carbocycles. The maximum Gasteiger partial charge on any atom is 0.167 e. The Hall–Kier alpha value is -2.40. The first-order chi connectivity index (χ1) is 9.24. The third-order valence-corrected chi connectivity index (χ3v) is 2.79. The van der Waals surface area contributed by atoms with Crippen LogP contribution in [0.4, 0.5) is 0 Å². The molecule has 0 saturated carbocycles. The Morgan fingerprint density at radius 3 is 2.47 bits per heavy atom. The van der Waals surface area contributed by atoms with E-state index in [4.69, 9.17) is 9.47 Å². The highest BCUT2D eigenvalue weighted by Gasteiger charge is 2.06. The molecule has 19 heavy (non-hydrogen) atoms. The molecule has 0 aliphatic heterocycles. The van der Waals surface area contributed by atoms with Crippen LogP contribution >= 0.6 is 0 Å². The first-order valence-corrected chi connectivity index (χ1v) is 6.04. The minimum atomic E-state index is 0.726. The van der Waals surface area contributed by atoms with Crippen molar-refractivity contribution < 1.29 is 9.47 Å². The third-order valence-electron chi connectivity index (χ3n) is 2.79. The molecule has 0 heterocycles. The van der Waals surface area contributed by atoms with Gasteiger partial charge in [-0.3, -0.25) is 0 Å². The van der Waals surface area contributed by atoms with Gasteiger partial charge in [0.2, 0.25) is 0 Å². The van der Waals surface area contributed by atoms with Gasteiger partial charge in [0.25, 0.3) is 0 Å². The van der Waals surface area contributed by atoms with Gasteiger partial charge in [0, 0.05) is 11.1 Å². The molecular weight excluding hydrogens is 236 g/mol. The molecule has 0 spiro atoms. The minimum Gasteiger partial charge on any atom is -0.493 e. The Morgan fingerprint density at radius 1 is 1.00 bits per heavy atom. The van der Waals surface area contributed by atoms with E-state index in [1.807, 2.05) is 49.4 Å². The van der Waals surface area contributed by atoms with E-state index >= 15 is 0 Å². The number of benzene rings is 1. The van der Waals surface area contributed by atoms with E-state index in [0.717, 1.165) is 28.2 Å². The highest BCUT2D eigenvalue weighted by Crippen LogP contribution is 2.31. The zero-order chi connectivity index (χ0) is 13.7. The smallest absolute Gasteiger partial charge is 0.167 e. The van der Waals surface area contributed by atoms with Crippen molar-refractivity contribution in [2.75, 3.05) is 14.2 Å². The van der Waals surface area contributed by atoms with Gasteiger partial charge >= 0.3 is 0 Å². The Kier molecular flexibility index (Phi) is 4.10. The first kappa shape index (κ1) is 13.0. The summed E-state index contributed by atoms with van der Waals surface area (Å²) in [5.74, 6) is 1.46. The van der Waals surface area contributed by atoms with Gasteiger partial charge in [0.1, 0.15) is 0 Å². The predicted octanol–water partition coefficient (Wildman–Crippen LogP) is 3.91. The normalized spacial score (nSPS) is 13.4. The molecule has 1 aliphatic carbocycles. The molecule has 2 heteroatoms. The van der Waals surface area contributed by atoms with Crippen molar-refractivity contribution in [3.63, 3.8) is 0 Å². The van der Waals surface area contributed by atoms with E-state index in [-0.39, 0.29) is 0 Å². The number of methoxy groups -OCH3 is 2. The maximum absolute atomic E-state index is 5.38. The van der Waals surface area contributed by atoms with Gasteiger partial charge in [-0.15, -0.1) is 0 Å². The number of hydrogen-bond acceptors (Lipinski definition) is 2. The second kappa shape index (κ2) is 5.97. The van der Waals surface area contributed by atoms with E-state index < -0.39 is 0 Å². The van der Waals surface area contributed by atoms with Crippen LogP contribution in [0, 0.1) is 0 Å². The first-order valence-electron chi connectivity index (χ1n) is 6.04. The van der Waals surface area contributed by atoms with Crippen molar-refractivity contribution in [3.8, 4) is 11.5 Å². The van der Waals surface area contributed by atoms with Crippen LogP contribution in [0.1, 0.15) is 12.5 Å². The van der Waals surface area contributed by atoms with Crippen LogP contribution in [-0.4, -0.2) is 14.2 Å². The molecule has 1 aliphatic rings. The van der Waals surface area contributed by atoms with Crippen LogP contribution in [0.2, 0.25) is 0 Å². The molecule has 96 valence electrons. The van der Waals surface area contributed by atoms with Gasteiger partial charge in [-0.1, -0.05) is 23.6 Å². The summed E-state index contributed by atoms with van der Waals surface area (Å²) in [5.41, 5.74) is 9.17. The number of rotatable bonds is 4. The lowest BCUT2D eigenvalue weighted by molar-refractivity contribution is 0.354. The lowest BCUT2D eigenvalue weighted by Gasteiger charge is -2.09. The van der Waals surface area contributed by atoms with Crippen LogP contribution in [0.5, 0.6) is 11.5 Å². The number of hydrogen-bond donors (Lipinski definition) is 0. The van der Waals surface area contributed by atoms with Gasteiger partial charge < -0.3 is 9.47 Å². The van der Waals surface area contributed by atoms with Gasteiger partial charge in [0.15, 0.2) is 11.5 Å². The summed E-state index contributed by atoms with van der Waals surface area (Å²) >= 11 is 0. The maximum atomic E-state index is 5.38. The average molecular weight is 252 g/mol. The standard InChI is InChI=1S/C17H16O2/c1-13-7-9-14(10-8-13)11-12-15-5-4-6-16(18-2)17(15)19-3/h4-7,9,11-12H,1-3H3/b12-11+. The molecule has 0 atom stereocenters. The zero-order valence-electron chi connectivity index (χ0n) is 11.4. The van der Waals surface area contributed by atoms with Gasteiger partial charge in [-0.05, 0) is 42.9 Å². The summed E-state index contributed by atoms with van der Waals surface area (Å²) < 4.78 is 10.7. The topological polar surface area (TPSA) is 18.5 Å². The highest BCUT2D eigenvalue weighted by molar-refractivity contribution is 5.64.